The van der Waals surface area contributed by atoms with Gasteiger partial charge in [0, 0.05) is 18.9 Å². The summed E-state index contributed by atoms with van der Waals surface area (Å²) in [6.07, 6.45) is 6.73. The average molecular weight is 243 g/mol. The summed E-state index contributed by atoms with van der Waals surface area (Å²) in [7, 11) is 0. The molecule has 1 aromatic heterocycles. The van der Waals surface area contributed by atoms with Crippen molar-refractivity contribution < 1.29 is 0 Å². The highest BCUT2D eigenvalue weighted by Gasteiger charge is 2.10. The van der Waals surface area contributed by atoms with Gasteiger partial charge in [0.1, 0.15) is 0 Å². The summed E-state index contributed by atoms with van der Waals surface area (Å²) in [6, 6.07) is 8.31. The number of benzene rings is 1. The molecule has 0 saturated carbocycles. The van der Waals surface area contributed by atoms with Crippen molar-refractivity contribution in [1.82, 2.24) is 9.55 Å². The highest BCUT2D eigenvalue weighted by Crippen LogP contribution is 2.22. The molecule has 0 atom stereocenters. The molecule has 0 spiro atoms. The minimum Gasteiger partial charge on any atom is -0.383 e. The van der Waals surface area contributed by atoms with Gasteiger partial charge in [-0.2, -0.15) is 0 Å². The van der Waals surface area contributed by atoms with E-state index in [2.05, 4.69) is 49.3 Å². The van der Waals surface area contributed by atoms with Crippen molar-refractivity contribution in [3.05, 3.63) is 43.0 Å². The Morgan fingerprint density at radius 3 is 2.67 bits per heavy atom. The minimum absolute atomic E-state index is 0.358. The van der Waals surface area contributed by atoms with E-state index < -0.39 is 0 Å². The first kappa shape index (κ1) is 12.7. The van der Waals surface area contributed by atoms with Gasteiger partial charge in [0.25, 0.3) is 0 Å². The van der Waals surface area contributed by atoms with Crippen LogP contribution in [0.5, 0.6) is 0 Å². The predicted molar refractivity (Wildman–Crippen MR) is 76.1 cm³/mol. The molecule has 0 radical (unpaired) electrons. The molecule has 2 rings (SSSR count). The molecule has 1 aromatic carbocycles. The van der Waals surface area contributed by atoms with E-state index in [1.807, 2.05) is 23.2 Å². The van der Waals surface area contributed by atoms with E-state index in [-0.39, 0.29) is 0 Å². The summed E-state index contributed by atoms with van der Waals surface area (Å²) in [5.74, 6) is 0. The largest absolute Gasteiger partial charge is 0.383 e. The second-order valence-electron chi connectivity index (χ2n) is 5.72. The first-order valence-electron chi connectivity index (χ1n) is 6.37. The van der Waals surface area contributed by atoms with Gasteiger partial charge in [-0.15, -0.1) is 0 Å². The topological polar surface area (TPSA) is 29.9 Å². The average Bonchev–Trinajstić information content (AvgIpc) is 2.81. The molecular weight excluding hydrogens is 222 g/mol. The number of para-hydroxylation sites is 2. The van der Waals surface area contributed by atoms with Crippen LogP contribution < -0.4 is 5.32 Å². The molecule has 1 heterocycles. The van der Waals surface area contributed by atoms with Crippen molar-refractivity contribution in [2.24, 2.45) is 5.41 Å². The van der Waals surface area contributed by atoms with Crippen molar-refractivity contribution in [1.29, 1.82) is 0 Å². The fourth-order valence-corrected chi connectivity index (χ4v) is 1.82. The summed E-state index contributed by atoms with van der Waals surface area (Å²) >= 11 is 0. The lowest BCUT2D eigenvalue weighted by atomic mass is 9.92. The second kappa shape index (κ2) is 5.25. The fraction of sp³-hybridized carbons (Fsp3) is 0.400. The van der Waals surface area contributed by atoms with Gasteiger partial charge in [-0.1, -0.05) is 32.9 Å². The van der Waals surface area contributed by atoms with Gasteiger partial charge in [-0.25, -0.2) is 4.98 Å². The van der Waals surface area contributed by atoms with Crippen LogP contribution in [0.1, 0.15) is 27.2 Å². The van der Waals surface area contributed by atoms with Crippen molar-refractivity contribution in [2.75, 3.05) is 11.9 Å². The van der Waals surface area contributed by atoms with Crippen LogP contribution in [-0.4, -0.2) is 16.1 Å². The minimum atomic E-state index is 0.358. The van der Waals surface area contributed by atoms with Crippen LogP contribution in [-0.2, 0) is 0 Å². The molecule has 3 nitrogen and oxygen atoms in total. The number of nitrogens with one attached hydrogen (secondary N) is 1. The first-order valence-corrected chi connectivity index (χ1v) is 6.37. The van der Waals surface area contributed by atoms with Crippen LogP contribution in [0.15, 0.2) is 43.0 Å². The normalized spacial score (nSPS) is 11.5. The van der Waals surface area contributed by atoms with E-state index in [4.69, 9.17) is 0 Å². The lowest BCUT2D eigenvalue weighted by Crippen LogP contribution is -2.13. The van der Waals surface area contributed by atoms with Crippen molar-refractivity contribution in [2.45, 2.75) is 27.2 Å². The zero-order chi connectivity index (χ0) is 13.0. The van der Waals surface area contributed by atoms with Gasteiger partial charge in [0.05, 0.1) is 17.7 Å². The summed E-state index contributed by atoms with van der Waals surface area (Å²) in [4.78, 5) is 4.09. The zero-order valence-corrected chi connectivity index (χ0v) is 11.4. The molecule has 0 aliphatic rings. The highest BCUT2D eigenvalue weighted by molar-refractivity contribution is 5.60. The van der Waals surface area contributed by atoms with Crippen LogP contribution in [0.3, 0.4) is 0 Å². The van der Waals surface area contributed by atoms with Gasteiger partial charge >= 0.3 is 0 Å². The summed E-state index contributed by atoms with van der Waals surface area (Å²) in [5, 5.41) is 3.51. The molecule has 0 unspecified atom stereocenters. The fourth-order valence-electron chi connectivity index (χ4n) is 1.82. The molecule has 0 aliphatic heterocycles. The number of hydrogen-bond donors (Lipinski definition) is 1. The van der Waals surface area contributed by atoms with Crippen LogP contribution in [0.4, 0.5) is 5.69 Å². The highest BCUT2D eigenvalue weighted by atomic mass is 15.0. The number of rotatable bonds is 4. The van der Waals surface area contributed by atoms with E-state index in [9.17, 15) is 0 Å². The number of hydrogen-bond acceptors (Lipinski definition) is 2. The lowest BCUT2D eigenvalue weighted by molar-refractivity contribution is 0.390. The zero-order valence-electron chi connectivity index (χ0n) is 11.4. The van der Waals surface area contributed by atoms with Gasteiger partial charge in [-0.3, -0.25) is 0 Å². The van der Waals surface area contributed by atoms with E-state index in [1.54, 1.807) is 6.20 Å². The molecule has 0 bridgehead atoms. The Morgan fingerprint density at radius 1 is 1.22 bits per heavy atom. The van der Waals surface area contributed by atoms with Gasteiger partial charge < -0.3 is 9.88 Å². The van der Waals surface area contributed by atoms with Crippen molar-refractivity contribution >= 4 is 5.69 Å². The maximum Gasteiger partial charge on any atom is 0.0992 e. The standard InChI is InChI=1S/C15H21N3/c1-15(2,3)8-9-17-13-6-4-5-7-14(13)18-11-10-16-12-18/h4-7,10-12,17H,8-9H2,1-3H3. The summed E-state index contributed by atoms with van der Waals surface area (Å²) in [5.41, 5.74) is 2.65. The molecule has 0 fully saturated rings. The first-order chi connectivity index (χ1) is 8.56. The molecule has 0 saturated heterocycles. The third-order valence-corrected chi connectivity index (χ3v) is 2.88. The molecule has 96 valence electrons. The predicted octanol–water partition coefficient (Wildman–Crippen LogP) is 3.72. The molecule has 18 heavy (non-hydrogen) atoms. The SMILES string of the molecule is CC(C)(C)CCNc1ccccc1-n1ccnc1. The molecule has 3 heteroatoms. The lowest BCUT2D eigenvalue weighted by Gasteiger charge is -2.19. The van der Waals surface area contributed by atoms with E-state index in [0.717, 1.165) is 24.3 Å². The smallest absolute Gasteiger partial charge is 0.0992 e. The molecule has 0 amide bonds. The van der Waals surface area contributed by atoms with E-state index in [1.165, 1.54) is 0 Å². The number of anilines is 1. The van der Waals surface area contributed by atoms with Crippen LogP contribution in [0.2, 0.25) is 0 Å². The van der Waals surface area contributed by atoms with E-state index >= 15 is 0 Å². The van der Waals surface area contributed by atoms with Crippen molar-refractivity contribution in [3.63, 3.8) is 0 Å². The number of aromatic nitrogens is 2. The molecule has 0 aliphatic carbocycles. The molecule has 1 N–H and O–H groups in total. The monoisotopic (exact) mass is 243 g/mol. The number of imidazole rings is 1. The van der Waals surface area contributed by atoms with Gasteiger partial charge in [0.15, 0.2) is 0 Å². The maximum atomic E-state index is 4.09. The van der Waals surface area contributed by atoms with Crippen LogP contribution in [0, 0.1) is 5.41 Å². The van der Waals surface area contributed by atoms with Gasteiger partial charge in [0.2, 0.25) is 0 Å². The quantitative estimate of drug-likeness (QED) is 0.887. The Bertz CT molecular complexity index is 481. The molecular formula is C15H21N3. The van der Waals surface area contributed by atoms with Gasteiger partial charge in [-0.05, 0) is 24.0 Å². The van der Waals surface area contributed by atoms with Crippen LogP contribution in [0.25, 0.3) is 5.69 Å². The van der Waals surface area contributed by atoms with Crippen LogP contribution >= 0.6 is 0 Å². The Kier molecular flexibility index (Phi) is 3.70. The second-order valence-corrected chi connectivity index (χ2v) is 5.72. The third kappa shape index (κ3) is 3.36. The Morgan fingerprint density at radius 2 is 2.00 bits per heavy atom. The van der Waals surface area contributed by atoms with Crippen molar-refractivity contribution in [3.8, 4) is 5.69 Å². The van der Waals surface area contributed by atoms with E-state index in [0.29, 0.717) is 5.41 Å². The maximum absolute atomic E-state index is 4.09. The summed E-state index contributed by atoms with van der Waals surface area (Å²) < 4.78 is 2.03. The number of nitrogens with zero attached hydrogens (tertiary/aromatic N) is 2. The Balaban J connectivity index is 2.09. The Hall–Kier alpha value is -1.77. The summed E-state index contributed by atoms with van der Waals surface area (Å²) in [6.45, 7) is 7.76. The Labute approximate surface area is 109 Å². The third-order valence-electron chi connectivity index (χ3n) is 2.88. The molecule has 2 aromatic rings.